The predicted molar refractivity (Wildman–Crippen MR) is 72.2 cm³/mol. The number of rotatable bonds is 6. The maximum atomic E-state index is 6.06. The van der Waals surface area contributed by atoms with Crippen molar-refractivity contribution in [2.75, 3.05) is 13.6 Å². The van der Waals surface area contributed by atoms with Gasteiger partial charge in [0.05, 0.1) is 0 Å². The summed E-state index contributed by atoms with van der Waals surface area (Å²) < 4.78 is 0. The van der Waals surface area contributed by atoms with Crippen molar-refractivity contribution < 1.29 is 0 Å². The fourth-order valence-corrected chi connectivity index (χ4v) is 2.57. The number of hydrogen-bond donors (Lipinski definition) is 1. The van der Waals surface area contributed by atoms with Crippen LogP contribution in [0.2, 0.25) is 5.02 Å². The summed E-state index contributed by atoms with van der Waals surface area (Å²) in [6.07, 6.45) is 2.44. The Labute approximate surface area is 104 Å². The Morgan fingerprint density at radius 3 is 2.44 bits per heavy atom. The van der Waals surface area contributed by atoms with Crippen LogP contribution in [0.3, 0.4) is 0 Å². The highest BCUT2D eigenvalue weighted by atomic mass is 35.5. The quantitative estimate of drug-likeness (QED) is 0.789. The zero-order valence-electron chi connectivity index (χ0n) is 10.5. The maximum Gasteiger partial charge on any atom is 0.0408 e. The maximum absolute atomic E-state index is 6.06. The highest BCUT2D eigenvalue weighted by Crippen LogP contribution is 2.30. The second-order valence-corrected chi connectivity index (χ2v) is 4.73. The molecule has 0 bridgehead atoms. The van der Waals surface area contributed by atoms with Crippen molar-refractivity contribution in [3.8, 4) is 0 Å². The molecule has 0 saturated heterocycles. The lowest BCUT2D eigenvalue weighted by Crippen LogP contribution is -2.23. The van der Waals surface area contributed by atoms with Crippen molar-refractivity contribution in [1.29, 1.82) is 0 Å². The van der Waals surface area contributed by atoms with Crippen LogP contribution in [0, 0.1) is 5.92 Å². The van der Waals surface area contributed by atoms with Gasteiger partial charge in [0, 0.05) is 11.6 Å². The summed E-state index contributed by atoms with van der Waals surface area (Å²) in [6.45, 7) is 5.55. The molecule has 1 nitrogen and oxygen atoms in total. The summed E-state index contributed by atoms with van der Waals surface area (Å²) in [5, 5.41) is 4.13. The van der Waals surface area contributed by atoms with Gasteiger partial charge in [-0.15, -0.1) is 0 Å². The Morgan fingerprint density at radius 2 is 1.94 bits per heavy atom. The summed E-state index contributed by atoms with van der Waals surface area (Å²) in [5.41, 5.74) is 1.36. The molecule has 1 N–H and O–H groups in total. The topological polar surface area (TPSA) is 12.0 Å². The first-order valence-electron chi connectivity index (χ1n) is 6.12. The first kappa shape index (κ1) is 13.5. The molecule has 0 radical (unpaired) electrons. The van der Waals surface area contributed by atoms with Gasteiger partial charge in [-0.1, -0.05) is 50.4 Å². The van der Waals surface area contributed by atoms with Crippen molar-refractivity contribution in [1.82, 2.24) is 5.32 Å². The van der Waals surface area contributed by atoms with Crippen LogP contribution in [0.1, 0.15) is 38.2 Å². The Morgan fingerprint density at radius 1 is 1.25 bits per heavy atom. The van der Waals surface area contributed by atoms with E-state index < -0.39 is 0 Å². The molecule has 0 spiro atoms. The van der Waals surface area contributed by atoms with Gasteiger partial charge in [0.25, 0.3) is 0 Å². The molecule has 0 saturated carbocycles. The van der Waals surface area contributed by atoms with Crippen LogP contribution in [-0.2, 0) is 0 Å². The van der Waals surface area contributed by atoms with E-state index in [9.17, 15) is 0 Å². The van der Waals surface area contributed by atoms with E-state index in [-0.39, 0.29) is 0 Å². The lowest BCUT2D eigenvalue weighted by molar-refractivity contribution is 0.387. The molecule has 16 heavy (non-hydrogen) atoms. The fraction of sp³-hybridized carbons (Fsp3) is 0.571. The van der Waals surface area contributed by atoms with Crippen molar-refractivity contribution >= 4 is 11.6 Å². The van der Waals surface area contributed by atoms with Gasteiger partial charge in [0.15, 0.2) is 0 Å². The average molecular weight is 240 g/mol. The summed E-state index contributed by atoms with van der Waals surface area (Å²) >= 11 is 6.06. The van der Waals surface area contributed by atoms with Crippen molar-refractivity contribution in [3.63, 3.8) is 0 Å². The van der Waals surface area contributed by atoms with Gasteiger partial charge < -0.3 is 5.32 Å². The van der Waals surface area contributed by atoms with E-state index in [4.69, 9.17) is 11.6 Å². The summed E-state index contributed by atoms with van der Waals surface area (Å²) in [5.74, 6) is 1.30. The third-order valence-electron chi connectivity index (χ3n) is 3.32. The van der Waals surface area contributed by atoms with E-state index in [1.807, 2.05) is 19.2 Å². The van der Waals surface area contributed by atoms with Crippen LogP contribution >= 0.6 is 11.6 Å². The van der Waals surface area contributed by atoms with Crippen LogP contribution in [-0.4, -0.2) is 13.6 Å². The van der Waals surface area contributed by atoms with Gasteiger partial charge in [-0.05, 0) is 36.6 Å². The minimum Gasteiger partial charge on any atom is -0.319 e. The number of nitrogens with one attached hydrogen (secondary N) is 1. The van der Waals surface area contributed by atoms with Gasteiger partial charge in [0.2, 0.25) is 0 Å². The molecule has 0 amide bonds. The van der Waals surface area contributed by atoms with E-state index in [1.165, 1.54) is 18.4 Å². The second-order valence-electron chi connectivity index (χ2n) is 4.30. The lowest BCUT2D eigenvalue weighted by Gasteiger charge is -2.25. The first-order valence-corrected chi connectivity index (χ1v) is 6.50. The lowest BCUT2D eigenvalue weighted by atomic mass is 9.82. The molecule has 1 atom stereocenters. The van der Waals surface area contributed by atoms with Gasteiger partial charge in [-0.3, -0.25) is 0 Å². The fourth-order valence-electron chi connectivity index (χ4n) is 2.37. The van der Waals surface area contributed by atoms with E-state index >= 15 is 0 Å². The molecule has 2 heteroatoms. The number of benzene rings is 1. The van der Waals surface area contributed by atoms with Gasteiger partial charge in [-0.25, -0.2) is 0 Å². The molecule has 0 aliphatic carbocycles. The molecule has 0 aromatic heterocycles. The normalized spacial score (nSPS) is 13.1. The van der Waals surface area contributed by atoms with Crippen LogP contribution in [0.15, 0.2) is 24.3 Å². The Kier molecular flexibility index (Phi) is 5.86. The van der Waals surface area contributed by atoms with E-state index in [1.54, 1.807) is 0 Å². The Hall–Kier alpha value is -0.530. The van der Waals surface area contributed by atoms with Crippen LogP contribution in [0.25, 0.3) is 0 Å². The van der Waals surface area contributed by atoms with Crippen LogP contribution in [0.5, 0.6) is 0 Å². The molecule has 0 heterocycles. The molecule has 1 rings (SSSR count). The predicted octanol–water partition coefficient (Wildman–Crippen LogP) is 4.08. The zero-order chi connectivity index (χ0) is 12.0. The van der Waals surface area contributed by atoms with E-state index in [0.29, 0.717) is 5.92 Å². The minimum absolute atomic E-state index is 0.568. The highest BCUT2D eigenvalue weighted by molar-refractivity contribution is 6.30. The van der Waals surface area contributed by atoms with Gasteiger partial charge >= 0.3 is 0 Å². The van der Waals surface area contributed by atoms with Crippen LogP contribution in [0.4, 0.5) is 0 Å². The molecule has 1 unspecified atom stereocenters. The summed E-state index contributed by atoms with van der Waals surface area (Å²) in [7, 11) is 2.01. The second kappa shape index (κ2) is 6.93. The van der Waals surface area contributed by atoms with Gasteiger partial charge in [-0.2, -0.15) is 0 Å². The molecular formula is C14H22ClN. The summed E-state index contributed by atoms with van der Waals surface area (Å²) in [4.78, 5) is 0. The third-order valence-corrected chi connectivity index (χ3v) is 3.55. The number of hydrogen-bond acceptors (Lipinski definition) is 1. The monoisotopic (exact) mass is 239 g/mol. The molecule has 90 valence electrons. The van der Waals surface area contributed by atoms with Gasteiger partial charge in [0.1, 0.15) is 0 Å². The van der Waals surface area contributed by atoms with Crippen molar-refractivity contribution in [2.45, 2.75) is 32.6 Å². The van der Waals surface area contributed by atoms with Crippen molar-refractivity contribution in [2.24, 2.45) is 5.92 Å². The molecular weight excluding hydrogens is 218 g/mol. The Bertz CT molecular complexity index is 307. The molecule has 0 fully saturated rings. The number of likely N-dealkylation sites (N-methyl/N-ethyl adjacent to an activating group) is 1. The third kappa shape index (κ3) is 3.50. The molecule has 1 aromatic carbocycles. The molecule has 1 aromatic rings. The SMILES string of the molecule is CCC(CC)C(CNC)c1cccc(Cl)c1. The number of halogens is 1. The average Bonchev–Trinajstić information content (AvgIpc) is 2.29. The van der Waals surface area contributed by atoms with Crippen LogP contribution < -0.4 is 5.32 Å². The Balaban J connectivity index is 2.91. The first-order chi connectivity index (χ1) is 7.72. The van der Waals surface area contributed by atoms with E-state index in [2.05, 4.69) is 31.3 Å². The smallest absolute Gasteiger partial charge is 0.0408 e. The van der Waals surface area contributed by atoms with E-state index in [0.717, 1.165) is 17.5 Å². The minimum atomic E-state index is 0.568. The highest BCUT2D eigenvalue weighted by Gasteiger charge is 2.19. The van der Waals surface area contributed by atoms with Crippen molar-refractivity contribution in [3.05, 3.63) is 34.9 Å². The standard InChI is InChI=1S/C14H22ClN/c1-4-11(5-2)14(10-16-3)12-7-6-8-13(15)9-12/h6-9,11,14,16H,4-5,10H2,1-3H3. The zero-order valence-corrected chi connectivity index (χ0v) is 11.2. The summed E-state index contributed by atoms with van der Waals surface area (Å²) in [6, 6.07) is 8.27. The molecule has 0 aliphatic heterocycles. The largest absolute Gasteiger partial charge is 0.319 e. The molecule has 0 aliphatic rings.